The molecule has 0 bridgehead atoms. The minimum atomic E-state index is 1.11. The lowest BCUT2D eigenvalue weighted by Crippen LogP contribution is -2.04. The van der Waals surface area contributed by atoms with Gasteiger partial charge in [0.1, 0.15) is 0 Å². The Morgan fingerprint density at radius 1 is 0.517 bits per heavy atom. The van der Waals surface area contributed by atoms with Crippen molar-refractivity contribution in [2.75, 3.05) is 0 Å². The van der Waals surface area contributed by atoms with Crippen LogP contribution in [0.15, 0.2) is 95.5 Å². The van der Waals surface area contributed by atoms with Crippen LogP contribution in [0.2, 0.25) is 0 Å². The second-order valence-corrected chi connectivity index (χ2v) is 8.73. The number of halogens is 1. The van der Waals surface area contributed by atoms with Gasteiger partial charge in [0, 0.05) is 4.47 Å². The molecule has 0 unspecified atom stereocenters. The Kier molecular flexibility index (Phi) is 5.08. The van der Waals surface area contributed by atoms with Crippen molar-refractivity contribution < 1.29 is 0 Å². The molecule has 0 spiro atoms. The number of fused-ring (bicyclic) bond motifs is 1. The third-order valence-corrected chi connectivity index (χ3v) is 6.44. The molecule has 0 amide bonds. The number of benzene rings is 4. The average Bonchev–Trinajstić information content (AvgIpc) is 2.79. The van der Waals surface area contributed by atoms with Crippen molar-refractivity contribution in [3.63, 3.8) is 0 Å². The molecule has 1 heteroatoms. The highest BCUT2D eigenvalue weighted by Crippen LogP contribution is 2.33. The SMILES string of the molecule is Brc1cccc(-c2cccc(-c3ccc(-c4cccc5c4CCCC5)cc3)c2)c1. The Morgan fingerprint density at radius 3 is 1.93 bits per heavy atom. The predicted octanol–water partition coefficient (Wildman–Crippen LogP) is 8.33. The number of hydrogen-bond donors (Lipinski definition) is 0. The number of hydrogen-bond acceptors (Lipinski definition) is 0. The van der Waals surface area contributed by atoms with Crippen LogP contribution < -0.4 is 0 Å². The Bertz CT molecular complexity index is 1160. The smallest absolute Gasteiger partial charge is 0.0181 e. The van der Waals surface area contributed by atoms with Gasteiger partial charge in [-0.05, 0) is 88.4 Å². The van der Waals surface area contributed by atoms with Crippen LogP contribution >= 0.6 is 15.9 Å². The fourth-order valence-electron chi connectivity index (χ4n) is 4.44. The van der Waals surface area contributed by atoms with Crippen LogP contribution in [0.5, 0.6) is 0 Å². The van der Waals surface area contributed by atoms with Gasteiger partial charge in [0.05, 0.1) is 0 Å². The molecule has 4 aromatic rings. The minimum Gasteiger partial charge on any atom is -0.0614 e. The minimum absolute atomic E-state index is 1.11. The van der Waals surface area contributed by atoms with Gasteiger partial charge in [-0.1, -0.05) is 88.7 Å². The normalized spacial score (nSPS) is 13.1. The molecule has 0 radical (unpaired) electrons. The summed E-state index contributed by atoms with van der Waals surface area (Å²) >= 11 is 3.58. The highest BCUT2D eigenvalue weighted by molar-refractivity contribution is 9.10. The molecule has 4 aromatic carbocycles. The first-order valence-electron chi connectivity index (χ1n) is 10.4. The van der Waals surface area contributed by atoms with Gasteiger partial charge in [-0.15, -0.1) is 0 Å². The molecule has 0 saturated heterocycles. The van der Waals surface area contributed by atoms with E-state index in [2.05, 4.69) is 107 Å². The van der Waals surface area contributed by atoms with E-state index < -0.39 is 0 Å². The molecule has 1 aliphatic rings. The van der Waals surface area contributed by atoms with Gasteiger partial charge in [0.25, 0.3) is 0 Å². The summed E-state index contributed by atoms with van der Waals surface area (Å²) < 4.78 is 1.11. The van der Waals surface area contributed by atoms with Gasteiger partial charge in [-0.2, -0.15) is 0 Å². The molecular weight excluding hydrogens is 416 g/mol. The van der Waals surface area contributed by atoms with Crippen LogP contribution in [0.3, 0.4) is 0 Å². The van der Waals surface area contributed by atoms with E-state index >= 15 is 0 Å². The van der Waals surface area contributed by atoms with Crippen molar-refractivity contribution in [2.24, 2.45) is 0 Å². The highest BCUT2D eigenvalue weighted by Gasteiger charge is 2.14. The molecule has 142 valence electrons. The first-order chi connectivity index (χ1) is 14.3. The molecule has 0 atom stereocenters. The summed E-state index contributed by atoms with van der Waals surface area (Å²) in [4.78, 5) is 0. The maximum absolute atomic E-state index is 3.58. The Hall–Kier alpha value is -2.64. The van der Waals surface area contributed by atoms with E-state index in [1.165, 1.54) is 59.1 Å². The summed E-state index contributed by atoms with van der Waals surface area (Å²) in [6, 6.07) is 33.2. The van der Waals surface area contributed by atoms with Gasteiger partial charge >= 0.3 is 0 Å². The molecule has 5 rings (SSSR count). The molecule has 29 heavy (non-hydrogen) atoms. The van der Waals surface area contributed by atoms with Crippen LogP contribution in [0.1, 0.15) is 24.0 Å². The molecule has 0 aliphatic heterocycles. The summed E-state index contributed by atoms with van der Waals surface area (Å²) in [6.07, 6.45) is 5.07. The largest absolute Gasteiger partial charge is 0.0614 e. The van der Waals surface area contributed by atoms with Crippen molar-refractivity contribution in [2.45, 2.75) is 25.7 Å². The van der Waals surface area contributed by atoms with E-state index in [1.807, 2.05) is 0 Å². The summed E-state index contributed by atoms with van der Waals surface area (Å²) in [6.45, 7) is 0. The van der Waals surface area contributed by atoms with Gasteiger partial charge in [-0.3, -0.25) is 0 Å². The van der Waals surface area contributed by atoms with Crippen LogP contribution in [0.25, 0.3) is 33.4 Å². The molecule has 1 aliphatic carbocycles. The molecule has 0 N–H and O–H groups in total. The first-order valence-corrected chi connectivity index (χ1v) is 11.1. The molecular formula is C28H23Br. The van der Waals surface area contributed by atoms with Gasteiger partial charge in [0.15, 0.2) is 0 Å². The summed E-state index contributed by atoms with van der Waals surface area (Å²) in [5, 5.41) is 0. The van der Waals surface area contributed by atoms with Crippen LogP contribution in [-0.4, -0.2) is 0 Å². The monoisotopic (exact) mass is 438 g/mol. The second-order valence-electron chi connectivity index (χ2n) is 7.82. The topological polar surface area (TPSA) is 0 Å². The standard InChI is InChI=1S/C28H23Br/c29-26-11-4-10-25(19-26)24-9-3-8-23(18-24)20-14-16-22(17-15-20)28-13-5-7-21-6-1-2-12-27(21)28/h3-5,7-11,13-19H,1-2,6,12H2. The maximum atomic E-state index is 3.58. The highest BCUT2D eigenvalue weighted by atomic mass is 79.9. The molecule has 0 nitrogen and oxygen atoms in total. The summed E-state index contributed by atoms with van der Waals surface area (Å²) in [7, 11) is 0. The van der Waals surface area contributed by atoms with Gasteiger partial charge < -0.3 is 0 Å². The Morgan fingerprint density at radius 2 is 1.14 bits per heavy atom. The lowest BCUT2D eigenvalue weighted by atomic mass is 9.85. The third-order valence-electron chi connectivity index (χ3n) is 5.95. The Balaban J connectivity index is 1.48. The molecule has 0 saturated carbocycles. The number of aryl methyl sites for hydroxylation is 1. The lowest BCUT2D eigenvalue weighted by molar-refractivity contribution is 0.687. The van der Waals surface area contributed by atoms with Crippen molar-refractivity contribution in [1.29, 1.82) is 0 Å². The summed E-state index contributed by atoms with van der Waals surface area (Å²) in [5.74, 6) is 0. The zero-order chi connectivity index (χ0) is 19.6. The van der Waals surface area contributed by atoms with E-state index in [0.29, 0.717) is 0 Å². The number of rotatable bonds is 3. The quantitative estimate of drug-likeness (QED) is 0.301. The van der Waals surface area contributed by atoms with Crippen LogP contribution in [-0.2, 0) is 12.8 Å². The van der Waals surface area contributed by atoms with Crippen molar-refractivity contribution in [3.8, 4) is 33.4 Å². The average molecular weight is 439 g/mol. The van der Waals surface area contributed by atoms with E-state index in [1.54, 1.807) is 11.1 Å². The van der Waals surface area contributed by atoms with Crippen LogP contribution in [0.4, 0.5) is 0 Å². The fourth-order valence-corrected chi connectivity index (χ4v) is 4.84. The van der Waals surface area contributed by atoms with Gasteiger partial charge in [-0.25, -0.2) is 0 Å². The van der Waals surface area contributed by atoms with E-state index in [0.717, 1.165) is 4.47 Å². The lowest BCUT2D eigenvalue weighted by Gasteiger charge is -2.19. The third kappa shape index (κ3) is 3.80. The maximum Gasteiger partial charge on any atom is 0.0181 e. The van der Waals surface area contributed by atoms with E-state index in [-0.39, 0.29) is 0 Å². The van der Waals surface area contributed by atoms with Crippen molar-refractivity contribution in [3.05, 3.63) is 107 Å². The van der Waals surface area contributed by atoms with Gasteiger partial charge in [0.2, 0.25) is 0 Å². The zero-order valence-corrected chi connectivity index (χ0v) is 18.0. The Labute approximate surface area is 181 Å². The van der Waals surface area contributed by atoms with E-state index in [9.17, 15) is 0 Å². The van der Waals surface area contributed by atoms with Crippen molar-refractivity contribution in [1.82, 2.24) is 0 Å². The first kappa shape index (κ1) is 18.4. The predicted molar refractivity (Wildman–Crippen MR) is 127 cm³/mol. The van der Waals surface area contributed by atoms with Crippen molar-refractivity contribution >= 4 is 15.9 Å². The van der Waals surface area contributed by atoms with Crippen LogP contribution in [0, 0.1) is 0 Å². The molecule has 0 heterocycles. The second kappa shape index (κ2) is 8.00. The zero-order valence-electron chi connectivity index (χ0n) is 16.4. The fraction of sp³-hybridized carbons (Fsp3) is 0.143. The van der Waals surface area contributed by atoms with E-state index in [4.69, 9.17) is 0 Å². The molecule has 0 aromatic heterocycles. The summed E-state index contributed by atoms with van der Waals surface area (Å²) in [5.41, 5.74) is 10.8. The molecule has 0 fully saturated rings.